The lowest BCUT2D eigenvalue weighted by Gasteiger charge is -2.25. The molecule has 0 aromatic heterocycles. The smallest absolute Gasteiger partial charge is 0.342 e. The van der Waals surface area contributed by atoms with Crippen molar-refractivity contribution in [3.63, 3.8) is 0 Å². The van der Waals surface area contributed by atoms with E-state index in [0.29, 0.717) is 12.0 Å². The van der Waals surface area contributed by atoms with Gasteiger partial charge in [0.25, 0.3) is 0 Å². The molecule has 0 bridgehead atoms. The lowest BCUT2D eigenvalue weighted by atomic mass is 9.94. The van der Waals surface area contributed by atoms with Crippen LogP contribution in [0.5, 0.6) is 17.2 Å². The second kappa shape index (κ2) is 4.45. The number of phenolic OH excluding ortho intramolecular Hbond substituents is 3. The number of cyclic esters (lactones) is 1. The summed E-state index contributed by atoms with van der Waals surface area (Å²) in [6.07, 6.45) is -0.148. The van der Waals surface area contributed by atoms with E-state index in [1.54, 1.807) is 12.1 Å². The standard InChI is InChI=1S/C15H12O5/c16-10-3-1-8(2-4-10)13-6-9-5-11(17)7-12(18)14(9)15(19)20-13/h1-5,7,13,16-18H,6H2/t13-/m0/s1. The highest BCUT2D eigenvalue weighted by Gasteiger charge is 2.30. The molecule has 0 radical (unpaired) electrons. The van der Waals surface area contributed by atoms with Crippen LogP contribution in [-0.2, 0) is 11.2 Å². The fourth-order valence-corrected chi connectivity index (χ4v) is 2.37. The van der Waals surface area contributed by atoms with E-state index < -0.39 is 12.1 Å². The molecule has 1 atom stereocenters. The van der Waals surface area contributed by atoms with Crippen molar-refractivity contribution in [2.24, 2.45) is 0 Å². The summed E-state index contributed by atoms with van der Waals surface area (Å²) < 4.78 is 5.30. The molecule has 2 aromatic rings. The number of hydrogen-bond donors (Lipinski definition) is 3. The average Bonchev–Trinajstić information content (AvgIpc) is 2.38. The van der Waals surface area contributed by atoms with E-state index in [2.05, 4.69) is 0 Å². The maximum atomic E-state index is 12.0. The molecule has 3 N–H and O–H groups in total. The van der Waals surface area contributed by atoms with Crippen LogP contribution in [0.1, 0.15) is 27.6 Å². The number of carbonyl (C=O) groups is 1. The van der Waals surface area contributed by atoms with E-state index in [1.165, 1.54) is 18.2 Å². The Bertz CT molecular complexity index is 675. The maximum absolute atomic E-state index is 12.0. The first kappa shape index (κ1) is 12.3. The minimum Gasteiger partial charge on any atom is -0.508 e. The van der Waals surface area contributed by atoms with Gasteiger partial charge in [0.2, 0.25) is 0 Å². The SMILES string of the molecule is O=C1O[C@H](c2ccc(O)cc2)Cc2cc(O)cc(O)c21. The predicted molar refractivity (Wildman–Crippen MR) is 69.7 cm³/mol. The van der Waals surface area contributed by atoms with Crippen LogP contribution in [-0.4, -0.2) is 21.3 Å². The number of carbonyl (C=O) groups excluding carboxylic acids is 1. The Balaban J connectivity index is 2.00. The monoisotopic (exact) mass is 272 g/mol. The van der Waals surface area contributed by atoms with Gasteiger partial charge < -0.3 is 20.1 Å². The second-order valence-corrected chi connectivity index (χ2v) is 4.69. The van der Waals surface area contributed by atoms with Crippen molar-refractivity contribution >= 4 is 5.97 Å². The van der Waals surface area contributed by atoms with Crippen molar-refractivity contribution in [3.8, 4) is 17.2 Å². The van der Waals surface area contributed by atoms with Crippen LogP contribution in [0.25, 0.3) is 0 Å². The molecule has 0 aliphatic carbocycles. The molecule has 102 valence electrons. The first-order chi connectivity index (χ1) is 9.54. The van der Waals surface area contributed by atoms with Gasteiger partial charge in [-0.1, -0.05) is 12.1 Å². The summed E-state index contributed by atoms with van der Waals surface area (Å²) in [5, 5.41) is 28.5. The normalized spacial score (nSPS) is 17.4. The molecule has 1 aliphatic heterocycles. The van der Waals surface area contributed by atoms with Crippen molar-refractivity contribution in [1.82, 2.24) is 0 Å². The molecule has 5 heteroatoms. The fourth-order valence-electron chi connectivity index (χ4n) is 2.37. The molecule has 3 rings (SSSR count). The highest BCUT2D eigenvalue weighted by molar-refractivity contribution is 5.95. The summed E-state index contributed by atoms with van der Waals surface area (Å²) >= 11 is 0. The molecular weight excluding hydrogens is 260 g/mol. The van der Waals surface area contributed by atoms with E-state index >= 15 is 0 Å². The van der Waals surface area contributed by atoms with Crippen LogP contribution in [0.2, 0.25) is 0 Å². The third kappa shape index (κ3) is 2.03. The number of aromatic hydroxyl groups is 3. The number of ether oxygens (including phenoxy) is 1. The number of benzene rings is 2. The minimum absolute atomic E-state index is 0.0952. The van der Waals surface area contributed by atoms with Gasteiger partial charge in [-0.2, -0.15) is 0 Å². The third-order valence-electron chi connectivity index (χ3n) is 3.31. The van der Waals surface area contributed by atoms with Gasteiger partial charge in [0.15, 0.2) is 0 Å². The van der Waals surface area contributed by atoms with E-state index in [0.717, 1.165) is 11.6 Å². The lowest BCUT2D eigenvalue weighted by molar-refractivity contribution is 0.0248. The Hall–Kier alpha value is -2.69. The van der Waals surface area contributed by atoms with E-state index in [4.69, 9.17) is 4.74 Å². The molecular formula is C15H12O5. The first-order valence-electron chi connectivity index (χ1n) is 6.09. The summed E-state index contributed by atoms with van der Waals surface area (Å²) in [7, 11) is 0. The molecule has 0 amide bonds. The Kier molecular flexibility index (Phi) is 2.75. The molecule has 0 saturated heterocycles. The van der Waals surface area contributed by atoms with Crippen LogP contribution in [0.15, 0.2) is 36.4 Å². The second-order valence-electron chi connectivity index (χ2n) is 4.69. The van der Waals surface area contributed by atoms with Crippen LogP contribution in [0.3, 0.4) is 0 Å². The molecule has 20 heavy (non-hydrogen) atoms. The number of rotatable bonds is 1. The van der Waals surface area contributed by atoms with Crippen LogP contribution >= 0.6 is 0 Å². The molecule has 0 fully saturated rings. The van der Waals surface area contributed by atoms with Gasteiger partial charge in [-0.15, -0.1) is 0 Å². The lowest BCUT2D eigenvalue weighted by Crippen LogP contribution is -2.21. The van der Waals surface area contributed by atoms with Crippen LogP contribution in [0, 0.1) is 0 Å². The summed E-state index contributed by atoms with van der Waals surface area (Å²) in [5.74, 6) is -0.872. The molecule has 0 unspecified atom stereocenters. The Morgan fingerprint density at radius 3 is 2.40 bits per heavy atom. The predicted octanol–water partition coefficient (Wildman–Crippen LogP) is 2.26. The fraction of sp³-hybridized carbons (Fsp3) is 0.133. The summed E-state index contributed by atoms with van der Waals surface area (Å²) in [6, 6.07) is 8.92. The Morgan fingerprint density at radius 2 is 1.70 bits per heavy atom. The molecule has 0 spiro atoms. The number of hydrogen-bond acceptors (Lipinski definition) is 5. The largest absolute Gasteiger partial charge is 0.508 e. The summed E-state index contributed by atoms with van der Waals surface area (Å²) in [5.41, 5.74) is 1.37. The minimum atomic E-state index is -0.623. The zero-order valence-corrected chi connectivity index (χ0v) is 10.4. The zero-order chi connectivity index (χ0) is 14.3. The van der Waals surface area contributed by atoms with E-state index in [9.17, 15) is 20.1 Å². The molecule has 0 saturated carbocycles. The Morgan fingerprint density at radius 1 is 1.00 bits per heavy atom. The van der Waals surface area contributed by atoms with Crippen molar-refractivity contribution in [2.75, 3.05) is 0 Å². The van der Waals surface area contributed by atoms with Crippen LogP contribution < -0.4 is 0 Å². The van der Waals surface area contributed by atoms with Gasteiger partial charge in [0.05, 0.1) is 0 Å². The van der Waals surface area contributed by atoms with Crippen molar-refractivity contribution in [1.29, 1.82) is 0 Å². The number of fused-ring (bicyclic) bond motifs is 1. The van der Waals surface area contributed by atoms with Gasteiger partial charge >= 0.3 is 5.97 Å². The molecule has 1 heterocycles. The molecule has 5 nitrogen and oxygen atoms in total. The van der Waals surface area contributed by atoms with Gasteiger partial charge in [-0.05, 0) is 29.3 Å². The highest BCUT2D eigenvalue weighted by atomic mass is 16.5. The van der Waals surface area contributed by atoms with Gasteiger partial charge in [-0.25, -0.2) is 4.79 Å². The quantitative estimate of drug-likeness (QED) is 0.693. The molecule has 2 aromatic carbocycles. The molecule has 1 aliphatic rings. The third-order valence-corrected chi connectivity index (χ3v) is 3.31. The zero-order valence-electron chi connectivity index (χ0n) is 10.4. The summed E-state index contributed by atoms with van der Waals surface area (Å²) in [6.45, 7) is 0. The van der Waals surface area contributed by atoms with Crippen molar-refractivity contribution < 1.29 is 24.9 Å². The van der Waals surface area contributed by atoms with Crippen molar-refractivity contribution in [3.05, 3.63) is 53.1 Å². The van der Waals surface area contributed by atoms with E-state index in [-0.39, 0.29) is 22.8 Å². The van der Waals surface area contributed by atoms with Crippen molar-refractivity contribution in [2.45, 2.75) is 12.5 Å². The maximum Gasteiger partial charge on any atom is 0.342 e. The van der Waals surface area contributed by atoms with Gasteiger partial charge in [0, 0.05) is 12.5 Å². The Labute approximate surface area is 114 Å². The number of esters is 1. The topological polar surface area (TPSA) is 87.0 Å². The first-order valence-corrected chi connectivity index (χ1v) is 6.09. The van der Waals surface area contributed by atoms with Crippen LogP contribution in [0.4, 0.5) is 0 Å². The van der Waals surface area contributed by atoms with Gasteiger partial charge in [-0.3, -0.25) is 0 Å². The van der Waals surface area contributed by atoms with Gasteiger partial charge in [0.1, 0.15) is 28.9 Å². The highest BCUT2D eigenvalue weighted by Crippen LogP contribution is 2.37. The average molecular weight is 272 g/mol. The summed E-state index contributed by atoms with van der Waals surface area (Å²) in [4.78, 5) is 12.0. The number of phenols is 3. The van der Waals surface area contributed by atoms with E-state index in [1.807, 2.05) is 0 Å².